The van der Waals surface area contributed by atoms with E-state index >= 15 is 8.78 Å². The molecule has 0 radical (unpaired) electrons. The topological polar surface area (TPSA) is 64.6 Å². The van der Waals surface area contributed by atoms with Crippen molar-refractivity contribution < 1.29 is 27.2 Å². The number of alkyl halides is 2. The highest BCUT2D eigenvalue weighted by Crippen LogP contribution is 2.67. The Morgan fingerprint density at radius 2 is 1.81 bits per heavy atom. The van der Waals surface area contributed by atoms with Gasteiger partial charge in [0.15, 0.2) is 0 Å². The maximum absolute atomic E-state index is 15.0. The fraction of sp³-hybridized carbons (Fsp3) is 0.435. The molecule has 0 spiro atoms. The first-order valence-corrected chi connectivity index (χ1v) is 13.0. The first kappa shape index (κ1) is 25.0. The second-order valence-corrected chi connectivity index (χ2v) is 10.5. The van der Waals surface area contributed by atoms with Crippen molar-refractivity contribution in [2.75, 3.05) is 19.8 Å². The van der Waals surface area contributed by atoms with E-state index in [0.29, 0.717) is 13.0 Å². The van der Waals surface area contributed by atoms with E-state index in [1.54, 1.807) is 6.07 Å². The Kier molecular flexibility index (Phi) is 8.26. The van der Waals surface area contributed by atoms with Gasteiger partial charge >= 0.3 is 13.3 Å². The second kappa shape index (κ2) is 10.6. The van der Waals surface area contributed by atoms with Gasteiger partial charge in [0.05, 0.1) is 13.2 Å². The molecule has 2 aromatic carbocycles. The van der Waals surface area contributed by atoms with E-state index in [4.69, 9.17) is 9.05 Å². The van der Waals surface area contributed by atoms with Crippen LogP contribution in [-0.4, -0.2) is 25.7 Å². The van der Waals surface area contributed by atoms with Gasteiger partial charge in [0.2, 0.25) is 5.91 Å². The van der Waals surface area contributed by atoms with Gasteiger partial charge < -0.3 is 14.4 Å². The zero-order valence-corrected chi connectivity index (χ0v) is 20.5. The summed E-state index contributed by atoms with van der Waals surface area (Å²) >= 11 is 3.17. The molecule has 9 heteroatoms. The molecule has 0 bridgehead atoms. The minimum atomic E-state index is -4.68. The van der Waals surface area contributed by atoms with Crippen molar-refractivity contribution in [2.24, 2.45) is 5.92 Å². The molecule has 0 aliphatic heterocycles. The van der Waals surface area contributed by atoms with Gasteiger partial charge in [0, 0.05) is 22.5 Å². The predicted octanol–water partition coefficient (Wildman–Crippen LogP) is 6.23. The van der Waals surface area contributed by atoms with E-state index in [1.807, 2.05) is 30.3 Å². The van der Waals surface area contributed by atoms with Crippen molar-refractivity contribution in [3.8, 4) is 0 Å². The third-order valence-electron chi connectivity index (χ3n) is 5.37. The number of amides is 1. The van der Waals surface area contributed by atoms with Crippen molar-refractivity contribution in [1.29, 1.82) is 0 Å². The molecule has 2 atom stereocenters. The van der Waals surface area contributed by atoms with Gasteiger partial charge in [-0.2, -0.15) is 8.78 Å². The summed E-state index contributed by atoms with van der Waals surface area (Å²) in [6, 6.07) is 14.2. The molecule has 2 aromatic rings. The summed E-state index contributed by atoms with van der Waals surface area (Å²) in [6.45, 7) is 3.05. The lowest BCUT2D eigenvalue weighted by molar-refractivity contribution is -0.122. The van der Waals surface area contributed by atoms with Crippen LogP contribution < -0.4 is 5.32 Å². The van der Waals surface area contributed by atoms with Crippen molar-refractivity contribution in [3.63, 3.8) is 0 Å². The predicted molar refractivity (Wildman–Crippen MR) is 123 cm³/mol. The Bertz CT molecular complexity index is 979. The van der Waals surface area contributed by atoms with Crippen molar-refractivity contribution >= 4 is 29.4 Å². The summed E-state index contributed by atoms with van der Waals surface area (Å²) in [5.74, 6) is 0.255. The van der Waals surface area contributed by atoms with Crippen molar-refractivity contribution in [1.82, 2.24) is 5.32 Å². The van der Waals surface area contributed by atoms with Crippen LogP contribution in [0.2, 0.25) is 0 Å². The summed E-state index contributed by atoms with van der Waals surface area (Å²) in [5, 5.41) is 2.93. The molecule has 32 heavy (non-hydrogen) atoms. The number of hydrogen-bond acceptors (Lipinski definition) is 4. The number of nitrogens with one attached hydrogen (secondary N) is 1. The van der Waals surface area contributed by atoms with Gasteiger partial charge in [-0.1, -0.05) is 58.4 Å². The zero-order valence-electron chi connectivity index (χ0n) is 18.0. The molecule has 0 heterocycles. The quantitative estimate of drug-likeness (QED) is 0.350. The third-order valence-corrected chi connectivity index (χ3v) is 8.15. The van der Waals surface area contributed by atoms with Crippen LogP contribution in [0.25, 0.3) is 0 Å². The van der Waals surface area contributed by atoms with Crippen LogP contribution in [0, 0.1) is 5.92 Å². The molecular formula is C23H27BrF2NO4P. The van der Waals surface area contributed by atoms with Gasteiger partial charge in [0.1, 0.15) is 0 Å². The maximum atomic E-state index is 15.0. The van der Waals surface area contributed by atoms with Crippen LogP contribution in [0.5, 0.6) is 0 Å². The Morgan fingerprint density at radius 3 is 2.41 bits per heavy atom. The molecule has 1 amide bonds. The van der Waals surface area contributed by atoms with Gasteiger partial charge in [-0.3, -0.25) is 9.36 Å². The second-order valence-electron chi connectivity index (χ2n) is 7.59. The van der Waals surface area contributed by atoms with E-state index in [-0.39, 0.29) is 35.4 Å². The highest BCUT2D eigenvalue weighted by molar-refractivity contribution is 9.10. The Labute approximate surface area is 195 Å². The molecule has 1 fully saturated rings. The zero-order chi connectivity index (χ0) is 23.4. The van der Waals surface area contributed by atoms with Crippen molar-refractivity contribution in [3.05, 3.63) is 69.7 Å². The average Bonchev–Trinajstić information content (AvgIpc) is 3.55. The molecule has 1 aliphatic rings. The number of carbonyl (C=O) groups excluding carboxylic acids is 1. The molecule has 0 aromatic heterocycles. The van der Waals surface area contributed by atoms with Gasteiger partial charge in [-0.15, -0.1) is 0 Å². The van der Waals surface area contributed by atoms with Crippen LogP contribution >= 0.6 is 23.5 Å². The van der Waals surface area contributed by atoms with E-state index in [1.165, 1.54) is 31.5 Å². The SMILES string of the molecule is CCOP(=O)(OCC)C(F)(F)c1ccc(CCNC(=O)C2CC2c2ccccc2)cc1Br. The van der Waals surface area contributed by atoms with Gasteiger partial charge in [0.25, 0.3) is 0 Å². The largest absolute Gasteiger partial charge is 0.404 e. The first-order valence-electron chi connectivity index (χ1n) is 10.6. The molecule has 0 saturated heterocycles. The lowest BCUT2D eigenvalue weighted by Crippen LogP contribution is -2.27. The molecule has 1 N–H and O–H groups in total. The molecular weight excluding hydrogens is 503 g/mol. The summed E-state index contributed by atoms with van der Waals surface area (Å²) < 4.78 is 52.5. The number of benzene rings is 2. The maximum Gasteiger partial charge on any atom is 0.404 e. The fourth-order valence-electron chi connectivity index (χ4n) is 3.66. The Morgan fingerprint density at radius 1 is 1.16 bits per heavy atom. The smallest absolute Gasteiger partial charge is 0.356 e. The number of carbonyl (C=O) groups is 1. The lowest BCUT2D eigenvalue weighted by Gasteiger charge is -2.26. The lowest BCUT2D eigenvalue weighted by atomic mass is 10.1. The molecule has 2 unspecified atom stereocenters. The molecule has 1 aliphatic carbocycles. The summed E-state index contributed by atoms with van der Waals surface area (Å²) in [7, 11) is -4.68. The number of halogens is 3. The molecule has 3 rings (SSSR count). The van der Waals surface area contributed by atoms with Crippen LogP contribution in [0.3, 0.4) is 0 Å². The van der Waals surface area contributed by atoms with E-state index in [0.717, 1.165) is 12.0 Å². The van der Waals surface area contributed by atoms with E-state index < -0.39 is 18.8 Å². The van der Waals surface area contributed by atoms with E-state index in [9.17, 15) is 9.36 Å². The highest BCUT2D eigenvalue weighted by Gasteiger charge is 2.55. The van der Waals surface area contributed by atoms with E-state index in [2.05, 4.69) is 21.2 Å². The van der Waals surface area contributed by atoms with Crippen LogP contribution in [0.1, 0.15) is 42.9 Å². The minimum Gasteiger partial charge on any atom is -0.356 e. The fourth-order valence-corrected chi connectivity index (χ4v) is 6.06. The number of rotatable bonds is 11. The minimum absolute atomic E-state index is 0.00967. The number of hydrogen-bond donors (Lipinski definition) is 1. The van der Waals surface area contributed by atoms with Gasteiger partial charge in [-0.25, -0.2) is 0 Å². The van der Waals surface area contributed by atoms with Crippen molar-refractivity contribution in [2.45, 2.75) is 38.3 Å². The molecule has 5 nitrogen and oxygen atoms in total. The van der Waals surface area contributed by atoms with Crippen LogP contribution in [0.15, 0.2) is 53.0 Å². The standard InChI is InChI=1S/C23H27BrF2NO4P/c1-3-30-32(29,31-4-2)23(25,26)20-11-10-16(14-21(20)24)12-13-27-22(28)19-15-18(19)17-8-6-5-7-9-17/h5-11,14,18-19H,3-4,12-13,15H2,1-2H3,(H,27,28). The first-order chi connectivity index (χ1) is 15.2. The van der Waals surface area contributed by atoms with Gasteiger partial charge in [-0.05, 0) is 49.8 Å². The monoisotopic (exact) mass is 529 g/mol. The third kappa shape index (κ3) is 5.48. The Hall–Kier alpha value is -1.60. The molecule has 1 saturated carbocycles. The Balaban J connectivity index is 1.58. The van der Waals surface area contributed by atoms with Crippen LogP contribution in [0.4, 0.5) is 8.78 Å². The van der Waals surface area contributed by atoms with Crippen LogP contribution in [-0.2, 0) is 30.5 Å². The normalized spacial score (nSPS) is 18.4. The highest BCUT2D eigenvalue weighted by atomic mass is 79.9. The summed E-state index contributed by atoms with van der Waals surface area (Å²) in [5.41, 5.74) is -2.33. The summed E-state index contributed by atoms with van der Waals surface area (Å²) in [6.07, 6.45) is 1.32. The summed E-state index contributed by atoms with van der Waals surface area (Å²) in [4.78, 5) is 12.4. The molecule has 174 valence electrons. The average molecular weight is 530 g/mol.